The molecule has 1 N–H and O–H groups in total. The number of benzene rings is 2. The van der Waals surface area contributed by atoms with Gasteiger partial charge in [0.1, 0.15) is 11.5 Å². The molecule has 0 radical (unpaired) electrons. The first-order valence-electron chi connectivity index (χ1n) is 7.97. The number of nitrogens with one attached hydrogen (secondary N) is 1. The number of rotatable bonds is 8. The summed E-state index contributed by atoms with van der Waals surface area (Å²) in [6, 6.07) is 14.1. The number of halogens is 1. The van der Waals surface area contributed by atoms with Crippen molar-refractivity contribution < 1.29 is 23.8 Å². The Morgan fingerprint density at radius 3 is 2.46 bits per heavy atom. The lowest BCUT2D eigenvalue weighted by atomic mass is 10.2. The van der Waals surface area contributed by atoms with E-state index in [9.17, 15) is 9.59 Å². The zero-order valence-electron chi connectivity index (χ0n) is 14.5. The summed E-state index contributed by atoms with van der Waals surface area (Å²) in [5.41, 5.74) is 0.903. The largest absolute Gasteiger partial charge is 0.497 e. The summed E-state index contributed by atoms with van der Waals surface area (Å²) in [6.07, 6.45) is -0.935. The third-order valence-electron chi connectivity index (χ3n) is 3.49. The van der Waals surface area contributed by atoms with Gasteiger partial charge in [-0.15, -0.1) is 0 Å². The highest BCUT2D eigenvalue weighted by Gasteiger charge is 2.18. The van der Waals surface area contributed by atoms with Crippen molar-refractivity contribution in [2.45, 2.75) is 19.6 Å². The first-order valence-corrected chi connectivity index (χ1v) is 8.35. The summed E-state index contributed by atoms with van der Waals surface area (Å²) in [5.74, 6) is 0.0625. The van der Waals surface area contributed by atoms with E-state index in [1.54, 1.807) is 43.5 Å². The van der Waals surface area contributed by atoms with Crippen LogP contribution in [0.25, 0.3) is 0 Å². The molecule has 0 spiro atoms. The second-order valence-corrected chi connectivity index (χ2v) is 5.82. The molecular formula is C19H20ClNO5. The number of esters is 1. The molecule has 2 aromatic carbocycles. The molecule has 2 rings (SSSR count). The van der Waals surface area contributed by atoms with Crippen LogP contribution in [0.4, 0.5) is 0 Å². The first kappa shape index (κ1) is 19.6. The second-order valence-electron chi connectivity index (χ2n) is 5.42. The third-order valence-corrected chi connectivity index (χ3v) is 3.80. The minimum Gasteiger partial charge on any atom is -0.497 e. The average Bonchev–Trinajstić information content (AvgIpc) is 2.65. The number of hydrogen-bond donors (Lipinski definition) is 1. The second kappa shape index (κ2) is 9.68. The summed E-state index contributed by atoms with van der Waals surface area (Å²) in [5, 5.41) is 3.10. The van der Waals surface area contributed by atoms with Crippen LogP contribution in [0, 0.1) is 0 Å². The van der Waals surface area contributed by atoms with Crippen LogP contribution in [-0.2, 0) is 20.9 Å². The van der Waals surface area contributed by atoms with E-state index in [1.165, 1.54) is 6.92 Å². The molecule has 2 aromatic rings. The van der Waals surface area contributed by atoms with Gasteiger partial charge in [-0.3, -0.25) is 4.79 Å². The molecule has 0 bridgehead atoms. The Morgan fingerprint density at radius 2 is 1.81 bits per heavy atom. The molecule has 1 atom stereocenters. The van der Waals surface area contributed by atoms with Gasteiger partial charge in [0.2, 0.25) is 0 Å². The maximum absolute atomic E-state index is 12.0. The monoisotopic (exact) mass is 377 g/mol. The van der Waals surface area contributed by atoms with Crippen molar-refractivity contribution in [3.05, 3.63) is 59.1 Å². The highest BCUT2D eigenvalue weighted by Crippen LogP contribution is 2.22. The molecule has 0 aliphatic rings. The number of carbonyl (C=O) groups is 2. The van der Waals surface area contributed by atoms with Crippen LogP contribution in [0.5, 0.6) is 11.5 Å². The highest BCUT2D eigenvalue weighted by molar-refractivity contribution is 6.32. The van der Waals surface area contributed by atoms with Gasteiger partial charge in [-0.25, -0.2) is 4.79 Å². The number of ether oxygens (including phenoxy) is 3. The van der Waals surface area contributed by atoms with E-state index >= 15 is 0 Å². The Balaban J connectivity index is 1.75. The molecule has 6 nitrogen and oxygen atoms in total. The molecular weight excluding hydrogens is 358 g/mol. The molecule has 0 saturated carbocycles. The van der Waals surface area contributed by atoms with Crippen LogP contribution in [0.15, 0.2) is 48.5 Å². The average molecular weight is 378 g/mol. The van der Waals surface area contributed by atoms with Crippen molar-refractivity contribution in [3.8, 4) is 11.5 Å². The van der Waals surface area contributed by atoms with E-state index < -0.39 is 18.0 Å². The summed E-state index contributed by atoms with van der Waals surface area (Å²) < 4.78 is 15.4. The van der Waals surface area contributed by atoms with Crippen LogP contribution in [0.2, 0.25) is 5.02 Å². The normalized spacial score (nSPS) is 11.3. The zero-order valence-corrected chi connectivity index (χ0v) is 15.3. The molecule has 0 aliphatic heterocycles. The van der Waals surface area contributed by atoms with Gasteiger partial charge in [-0.05, 0) is 36.8 Å². The molecule has 0 saturated heterocycles. The maximum atomic E-state index is 12.0. The fraction of sp³-hybridized carbons (Fsp3) is 0.263. The van der Waals surface area contributed by atoms with Crippen LogP contribution < -0.4 is 14.8 Å². The minimum atomic E-state index is -0.935. The van der Waals surface area contributed by atoms with Gasteiger partial charge in [0.25, 0.3) is 5.91 Å². The van der Waals surface area contributed by atoms with Crippen molar-refractivity contribution in [3.63, 3.8) is 0 Å². The van der Waals surface area contributed by atoms with Crippen LogP contribution in [0.3, 0.4) is 0 Å². The predicted molar refractivity (Wildman–Crippen MR) is 97.3 cm³/mol. The summed E-state index contributed by atoms with van der Waals surface area (Å²) in [6.45, 7) is 1.48. The van der Waals surface area contributed by atoms with E-state index in [2.05, 4.69) is 5.32 Å². The van der Waals surface area contributed by atoms with Crippen molar-refractivity contribution in [2.75, 3.05) is 13.7 Å². The Bertz CT molecular complexity index is 748. The number of hydrogen-bond acceptors (Lipinski definition) is 5. The zero-order chi connectivity index (χ0) is 18.9. The van der Waals surface area contributed by atoms with Crippen molar-refractivity contribution >= 4 is 23.5 Å². The molecule has 138 valence electrons. The smallest absolute Gasteiger partial charge is 0.344 e. The lowest BCUT2D eigenvalue weighted by Crippen LogP contribution is -2.36. The van der Waals surface area contributed by atoms with E-state index in [-0.39, 0.29) is 6.61 Å². The van der Waals surface area contributed by atoms with Gasteiger partial charge in [-0.2, -0.15) is 0 Å². The molecule has 1 amide bonds. The molecule has 0 fully saturated rings. The first-order chi connectivity index (χ1) is 12.5. The van der Waals surface area contributed by atoms with Crippen LogP contribution >= 0.6 is 11.6 Å². The van der Waals surface area contributed by atoms with Gasteiger partial charge in [-0.1, -0.05) is 35.9 Å². The molecule has 26 heavy (non-hydrogen) atoms. The Labute approximate surface area is 157 Å². The standard InChI is InChI=1S/C19H20ClNO5/c1-13(19(23)21-11-14-7-9-15(24-2)10-8-14)26-18(22)12-25-17-6-4-3-5-16(17)20/h3-10,13H,11-12H2,1-2H3,(H,21,23)/t13-/m0/s1. The molecule has 0 unspecified atom stereocenters. The summed E-state index contributed by atoms with van der Waals surface area (Å²) >= 11 is 5.93. The lowest BCUT2D eigenvalue weighted by Gasteiger charge is -2.14. The SMILES string of the molecule is COc1ccc(CNC(=O)[C@H](C)OC(=O)COc2ccccc2Cl)cc1. The Hall–Kier alpha value is -2.73. The van der Waals surface area contributed by atoms with Gasteiger partial charge in [0.15, 0.2) is 12.7 Å². The maximum Gasteiger partial charge on any atom is 0.344 e. The Kier molecular flexibility index (Phi) is 7.29. The summed E-state index contributed by atoms with van der Waals surface area (Å²) in [7, 11) is 1.59. The van der Waals surface area contributed by atoms with Gasteiger partial charge in [0, 0.05) is 6.54 Å². The van der Waals surface area contributed by atoms with Gasteiger partial charge in [0.05, 0.1) is 12.1 Å². The topological polar surface area (TPSA) is 73.9 Å². The van der Waals surface area contributed by atoms with E-state index in [0.29, 0.717) is 17.3 Å². The van der Waals surface area contributed by atoms with Crippen molar-refractivity contribution in [1.82, 2.24) is 5.32 Å². The summed E-state index contributed by atoms with van der Waals surface area (Å²) in [4.78, 5) is 23.8. The van der Waals surface area contributed by atoms with Crippen molar-refractivity contribution in [2.24, 2.45) is 0 Å². The van der Waals surface area contributed by atoms with Gasteiger partial charge >= 0.3 is 5.97 Å². The number of para-hydroxylation sites is 1. The van der Waals surface area contributed by atoms with E-state index in [1.807, 2.05) is 12.1 Å². The van der Waals surface area contributed by atoms with E-state index in [4.69, 9.17) is 25.8 Å². The quantitative estimate of drug-likeness (QED) is 0.716. The number of methoxy groups -OCH3 is 1. The van der Waals surface area contributed by atoms with E-state index in [0.717, 1.165) is 11.3 Å². The minimum absolute atomic E-state index is 0.320. The predicted octanol–water partition coefficient (Wildman–Crippen LogP) is 2.98. The van der Waals surface area contributed by atoms with Gasteiger partial charge < -0.3 is 19.5 Å². The Morgan fingerprint density at radius 1 is 1.12 bits per heavy atom. The number of amides is 1. The molecule has 0 aliphatic carbocycles. The van der Waals surface area contributed by atoms with Crippen LogP contribution in [-0.4, -0.2) is 31.7 Å². The third kappa shape index (κ3) is 5.97. The number of carbonyl (C=O) groups excluding carboxylic acids is 2. The van der Waals surface area contributed by atoms with Crippen molar-refractivity contribution in [1.29, 1.82) is 0 Å². The fourth-order valence-electron chi connectivity index (χ4n) is 2.06. The van der Waals surface area contributed by atoms with Crippen LogP contribution in [0.1, 0.15) is 12.5 Å². The fourth-order valence-corrected chi connectivity index (χ4v) is 2.25. The lowest BCUT2D eigenvalue weighted by molar-refractivity contribution is -0.156. The molecule has 0 aromatic heterocycles. The highest BCUT2D eigenvalue weighted by atomic mass is 35.5. The molecule has 0 heterocycles. The molecule has 7 heteroatoms.